The molecule has 10 heteroatoms. The first-order chi connectivity index (χ1) is 15.8. The fraction of sp³-hybridized carbons (Fsp3) is 0.478. The number of carbonyl (C=O) groups excluding carboxylic acids is 2. The Balaban J connectivity index is 1.37. The van der Waals surface area contributed by atoms with Crippen LogP contribution in [0, 0.1) is 29.6 Å². The molecule has 0 unspecified atom stereocenters. The van der Waals surface area contributed by atoms with Gasteiger partial charge in [0.2, 0.25) is 11.8 Å². The van der Waals surface area contributed by atoms with E-state index in [4.69, 9.17) is 16.7 Å². The quantitative estimate of drug-likeness (QED) is 0.604. The van der Waals surface area contributed by atoms with Crippen LogP contribution in [0.3, 0.4) is 0 Å². The topological polar surface area (TPSA) is 108 Å². The first-order valence-electron chi connectivity index (χ1n) is 11.1. The molecule has 2 aliphatic carbocycles. The molecule has 4 aliphatic rings. The van der Waals surface area contributed by atoms with Crippen LogP contribution < -0.4 is 4.87 Å². The first kappa shape index (κ1) is 21.4. The van der Waals surface area contributed by atoms with Gasteiger partial charge < -0.3 is 10.1 Å². The number of carboxylic acid groups (broad SMARTS) is 1. The molecule has 0 spiro atoms. The number of imide groups is 1. The zero-order valence-corrected chi connectivity index (χ0v) is 19.8. The lowest BCUT2D eigenvalue weighted by Crippen LogP contribution is -2.42. The van der Waals surface area contributed by atoms with Gasteiger partial charge in [-0.15, -0.1) is 11.8 Å². The third kappa shape index (κ3) is 3.15. The highest BCUT2D eigenvalue weighted by Crippen LogP contribution is 2.68. The minimum Gasteiger partial charge on any atom is -0.481 e. The van der Waals surface area contributed by atoms with Crippen molar-refractivity contribution in [1.29, 1.82) is 0 Å². The Hall–Kier alpha value is -2.10. The number of likely N-dealkylation sites (tertiary alicyclic amines) is 1. The van der Waals surface area contributed by atoms with E-state index in [-0.39, 0.29) is 76.8 Å². The number of nitrogens with one attached hydrogen (secondary N) is 1. The smallest absolute Gasteiger partial charge is 0.305 e. The van der Waals surface area contributed by atoms with Crippen LogP contribution in [-0.2, 0) is 14.4 Å². The van der Waals surface area contributed by atoms with E-state index in [1.807, 2.05) is 24.3 Å². The summed E-state index contributed by atoms with van der Waals surface area (Å²) < 4.78 is 0. The van der Waals surface area contributed by atoms with Crippen LogP contribution in [0.2, 0.25) is 5.02 Å². The van der Waals surface area contributed by atoms with E-state index in [1.165, 1.54) is 16.2 Å². The Labute approximate surface area is 202 Å². The Morgan fingerprint density at radius 1 is 1.12 bits per heavy atom. The van der Waals surface area contributed by atoms with E-state index in [0.717, 1.165) is 21.9 Å². The second-order valence-corrected chi connectivity index (χ2v) is 12.0. The second-order valence-electron chi connectivity index (χ2n) is 9.34. The number of thioether (sulfide) groups is 1. The number of fused-ring (bicyclic) bond motifs is 9. The molecule has 7 nitrogen and oxygen atoms in total. The minimum absolute atomic E-state index is 0.0209. The van der Waals surface area contributed by atoms with Gasteiger partial charge in [0.05, 0.1) is 16.9 Å². The number of hydrogen-bond donors (Lipinski definition) is 2. The van der Waals surface area contributed by atoms with Gasteiger partial charge in [-0.25, -0.2) is 0 Å². The summed E-state index contributed by atoms with van der Waals surface area (Å²) in [7, 11) is 0. The van der Waals surface area contributed by atoms with Gasteiger partial charge in [-0.1, -0.05) is 35.1 Å². The van der Waals surface area contributed by atoms with Gasteiger partial charge in [-0.3, -0.25) is 24.1 Å². The van der Waals surface area contributed by atoms with E-state index >= 15 is 0 Å². The summed E-state index contributed by atoms with van der Waals surface area (Å²) in [5.41, 5.74) is 1.07. The average Bonchev–Trinajstić information content (AvgIpc) is 3.49. The van der Waals surface area contributed by atoms with Gasteiger partial charge in [0.1, 0.15) is 0 Å². The van der Waals surface area contributed by atoms with Crippen LogP contribution in [0.25, 0.3) is 0 Å². The van der Waals surface area contributed by atoms with Crippen molar-refractivity contribution >= 4 is 52.5 Å². The van der Waals surface area contributed by atoms with Crippen LogP contribution in [0.15, 0.2) is 34.1 Å². The summed E-state index contributed by atoms with van der Waals surface area (Å²) in [5.74, 6) is -1.64. The van der Waals surface area contributed by atoms with Gasteiger partial charge in [-0.05, 0) is 48.3 Å². The number of H-pyrrole nitrogens is 1. The molecule has 6 rings (SSSR count). The second kappa shape index (κ2) is 7.71. The Morgan fingerprint density at radius 3 is 2.52 bits per heavy atom. The maximum atomic E-state index is 13.4. The normalized spacial score (nSPS) is 33.8. The van der Waals surface area contributed by atoms with Crippen molar-refractivity contribution in [3.05, 3.63) is 49.4 Å². The number of nitrogens with zero attached hydrogens (tertiary/aromatic N) is 1. The van der Waals surface area contributed by atoms with Crippen molar-refractivity contribution in [3.8, 4) is 0 Å². The molecular weight excluding hydrogens is 484 g/mol. The van der Waals surface area contributed by atoms with Crippen LogP contribution in [0.1, 0.15) is 35.6 Å². The van der Waals surface area contributed by atoms with Gasteiger partial charge in [0.25, 0.3) is 0 Å². The number of halogens is 1. The lowest BCUT2D eigenvalue weighted by molar-refractivity contribution is -0.142. The summed E-state index contributed by atoms with van der Waals surface area (Å²) in [6, 6.07) is 7.70. The maximum Gasteiger partial charge on any atom is 0.305 e. The number of carboxylic acids is 1. The molecule has 1 saturated heterocycles. The van der Waals surface area contributed by atoms with Crippen LogP contribution >= 0.6 is 34.7 Å². The van der Waals surface area contributed by atoms with Crippen molar-refractivity contribution in [2.45, 2.75) is 35.5 Å². The van der Waals surface area contributed by atoms with Gasteiger partial charge in [-0.2, -0.15) is 0 Å². The van der Waals surface area contributed by atoms with Crippen LogP contribution in [0.5, 0.6) is 0 Å². The molecule has 33 heavy (non-hydrogen) atoms. The molecular formula is C23H21ClN2O5S2. The summed E-state index contributed by atoms with van der Waals surface area (Å²) in [6.07, 6.45) is 1.04. The number of amides is 2. The van der Waals surface area contributed by atoms with Crippen molar-refractivity contribution in [2.24, 2.45) is 29.6 Å². The molecule has 2 aliphatic heterocycles. The Kier molecular flexibility index (Phi) is 5.01. The molecule has 7 atom stereocenters. The number of carbonyl (C=O) groups is 3. The third-order valence-corrected chi connectivity index (χ3v) is 10.7. The molecule has 1 aromatic carbocycles. The monoisotopic (exact) mass is 504 g/mol. The number of rotatable bonds is 5. The number of aliphatic carboxylic acids is 1. The van der Waals surface area contributed by atoms with E-state index in [2.05, 4.69) is 4.98 Å². The number of hydrogen-bond acceptors (Lipinski definition) is 6. The molecule has 2 saturated carbocycles. The summed E-state index contributed by atoms with van der Waals surface area (Å²) in [4.78, 5) is 55.0. The fourth-order valence-corrected chi connectivity index (χ4v) is 9.75. The van der Waals surface area contributed by atoms with Crippen LogP contribution in [0.4, 0.5) is 0 Å². The molecule has 172 valence electrons. The molecule has 2 bridgehead atoms. The minimum atomic E-state index is -0.928. The molecule has 2 aromatic rings. The maximum absolute atomic E-state index is 13.4. The third-order valence-electron chi connectivity index (χ3n) is 7.82. The molecule has 0 radical (unpaired) electrons. The predicted molar refractivity (Wildman–Crippen MR) is 124 cm³/mol. The van der Waals surface area contributed by atoms with Gasteiger partial charge in [0.15, 0.2) is 0 Å². The summed E-state index contributed by atoms with van der Waals surface area (Å²) >= 11 is 9.02. The molecule has 3 heterocycles. The highest BCUT2D eigenvalue weighted by Gasteiger charge is 2.69. The molecule has 1 aromatic heterocycles. The van der Waals surface area contributed by atoms with E-state index in [9.17, 15) is 19.2 Å². The van der Waals surface area contributed by atoms with E-state index in [0.29, 0.717) is 5.02 Å². The molecule has 2 N–H and O–H groups in total. The zero-order chi connectivity index (χ0) is 23.0. The number of aromatic amines is 1. The number of aromatic nitrogens is 1. The SMILES string of the molecule is O=C(O)CCCN1C(=O)[C@@H]2[C@H]3C[C@@H]([C@@H]2C1=O)[C@@H]1[C@@H](c2ccc(Cl)cc2)c2sc(=O)[nH]c2S[C@@H]31. The lowest BCUT2D eigenvalue weighted by atomic mass is 9.68. The van der Waals surface area contributed by atoms with Gasteiger partial charge in [0, 0.05) is 34.0 Å². The molecule has 3 fully saturated rings. The van der Waals surface area contributed by atoms with Gasteiger partial charge >= 0.3 is 10.8 Å². The van der Waals surface area contributed by atoms with Crippen molar-refractivity contribution in [1.82, 2.24) is 9.88 Å². The highest BCUT2D eigenvalue weighted by molar-refractivity contribution is 8.00. The lowest BCUT2D eigenvalue weighted by Gasteiger charge is -2.43. The summed E-state index contributed by atoms with van der Waals surface area (Å²) in [6.45, 7) is 0.167. The Bertz CT molecular complexity index is 1220. The first-order valence-corrected chi connectivity index (χ1v) is 13.1. The average molecular weight is 505 g/mol. The number of thiazole rings is 1. The van der Waals surface area contributed by atoms with Crippen molar-refractivity contribution in [3.63, 3.8) is 0 Å². The largest absolute Gasteiger partial charge is 0.481 e. The number of benzene rings is 1. The zero-order valence-electron chi connectivity index (χ0n) is 17.4. The molecule has 2 amide bonds. The van der Waals surface area contributed by atoms with E-state index < -0.39 is 5.97 Å². The van der Waals surface area contributed by atoms with E-state index in [1.54, 1.807) is 11.8 Å². The summed E-state index contributed by atoms with van der Waals surface area (Å²) in [5, 5.41) is 10.6. The Morgan fingerprint density at radius 2 is 1.82 bits per heavy atom. The highest BCUT2D eigenvalue weighted by atomic mass is 35.5. The van der Waals surface area contributed by atoms with Crippen LogP contribution in [-0.4, -0.2) is 44.6 Å². The predicted octanol–water partition coefficient (Wildman–Crippen LogP) is 3.43. The van der Waals surface area contributed by atoms with Crippen molar-refractivity contribution < 1.29 is 19.5 Å². The van der Waals surface area contributed by atoms with Crippen molar-refractivity contribution in [2.75, 3.05) is 6.54 Å². The fourth-order valence-electron chi connectivity index (χ4n) is 6.73. The standard InChI is InChI=1S/C23H21ClN2O5S2/c24-10-5-3-9(4-6-10)14-15-11-8-12(18(15)32-20-19(14)33-23(31)25-20)17-16(11)21(29)26(22(17)30)7-1-2-13(27)28/h3-6,11-12,14-18H,1-2,7-8H2,(H,25,31)(H,27,28)/t11-,12-,14-,15-,16+,17-,18+/m1/s1.